The molecule has 0 unspecified atom stereocenters. The molecule has 6 heteroatoms. The monoisotopic (exact) mass is 354 g/mol. The van der Waals surface area contributed by atoms with Crippen LogP contribution in [0.4, 0.5) is 0 Å². The van der Waals surface area contributed by atoms with Gasteiger partial charge in [-0.1, -0.05) is 0 Å². The van der Waals surface area contributed by atoms with Gasteiger partial charge in [-0.05, 0) is 35.4 Å². The molecule has 0 atom stereocenters. The zero-order valence-electron chi connectivity index (χ0n) is 15.0. The highest BCUT2D eigenvalue weighted by Crippen LogP contribution is 2.46. The number of methoxy groups -OCH3 is 4. The van der Waals surface area contributed by atoms with Crippen molar-refractivity contribution in [3.8, 4) is 34.1 Å². The second-order valence-corrected chi connectivity index (χ2v) is 5.98. The zero-order valence-corrected chi connectivity index (χ0v) is 15.0. The fraction of sp³-hybridized carbons (Fsp3) is 0.250. The molecule has 0 bridgehead atoms. The van der Waals surface area contributed by atoms with E-state index in [4.69, 9.17) is 23.4 Å². The van der Waals surface area contributed by atoms with E-state index in [0.29, 0.717) is 40.6 Å². The Balaban J connectivity index is 2.07. The minimum atomic E-state index is -0.397. The fourth-order valence-corrected chi connectivity index (χ4v) is 3.52. The summed E-state index contributed by atoms with van der Waals surface area (Å²) in [6.45, 7) is 0. The Hall–Kier alpha value is -3.15. The Morgan fingerprint density at radius 2 is 1.31 bits per heavy atom. The number of hydrogen-bond donors (Lipinski definition) is 0. The standard InChI is InChI=1S/C20H18O6/c1-22-14-5-10-6-18-19(11(10)7-15(14)23-2)12-8-16(24-3)17(25-4)9-13(12)20(21)26-18/h5,7-9H,6H2,1-4H3. The van der Waals surface area contributed by atoms with Crippen molar-refractivity contribution in [3.05, 3.63) is 46.0 Å². The van der Waals surface area contributed by atoms with Crippen LogP contribution in [0, 0.1) is 0 Å². The Morgan fingerprint density at radius 3 is 1.92 bits per heavy atom. The van der Waals surface area contributed by atoms with Crippen molar-refractivity contribution in [2.75, 3.05) is 28.4 Å². The van der Waals surface area contributed by atoms with E-state index >= 15 is 0 Å². The molecule has 0 saturated carbocycles. The van der Waals surface area contributed by atoms with Crippen LogP contribution in [0.25, 0.3) is 21.9 Å². The van der Waals surface area contributed by atoms with Crippen LogP contribution in [0.5, 0.6) is 23.0 Å². The van der Waals surface area contributed by atoms with Crippen LogP contribution in [0.2, 0.25) is 0 Å². The maximum Gasteiger partial charge on any atom is 0.344 e. The lowest BCUT2D eigenvalue weighted by Gasteiger charge is -2.12. The van der Waals surface area contributed by atoms with Crippen molar-refractivity contribution in [1.82, 2.24) is 0 Å². The molecule has 1 aliphatic rings. The van der Waals surface area contributed by atoms with Crippen LogP contribution < -0.4 is 24.6 Å². The molecule has 1 aromatic heterocycles. The molecule has 26 heavy (non-hydrogen) atoms. The Kier molecular flexibility index (Phi) is 3.76. The molecule has 0 fully saturated rings. The lowest BCUT2D eigenvalue weighted by molar-refractivity contribution is 0.355. The largest absolute Gasteiger partial charge is 0.493 e. The van der Waals surface area contributed by atoms with Crippen molar-refractivity contribution in [1.29, 1.82) is 0 Å². The number of rotatable bonds is 4. The highest BCUT2D eigenvalue weighted by atomic mass is 16.5. The fourth-order valence-electron chi connectivity index (χ4n) is 3.52. The third-order valence-electron chi connectivity index (χ3n) is 4.74. The first-order valence-corrected chi connectivity index (χ1v) is 8.08. The molecule has 1 heterocycles. The van der Waals surface area contributed by atoms with Crippen LogP contribution in [0.1, 0.15) is 11.3 Å². The molecule has 6 nitrogen and oxygen atoms in total. The lowest BCUT2D eigenvalue weighted by atomic mass is 10.0. The maximum atomic E-state index is 12.5. The maximum absolute atomic E-state index is 12.5. The minimum Gasteiger partial charge on any atom is -0.493 e. The van der Waals surface area contributed by atoms with Gasteiger partial charge in [0.25, 0.3) is 0 Å². The Labute approximate surface area is 149 Å². The van der Waals surface area contributed by atoms with Gasteiger partial charge in [0.1, 0.15) is 5.76 Å². The molecular formula is C20H18O6. The lowest BCUT2D eigenvalue weighted by Crippen LogP contribution is -2.03. The van der Waals surface area contributed by atoms with Crippen molar-refractivity contribution < 1.29 is 23.4 Å². The van der Waals surface area contributed by atoms with Crippen molar-refractivity contribution in [3.63, 3.8) is 0 Å². The van der Waals surface area contributed by atoms with Gasteiger partial charge < -0.3 is 23.4 Å². The number of hydrogen-bond acceptors (Lipinski definition) is 6. The predicted molar refractivity (Wildman–Crippen MR) is 96.9 cm³/mol. The molecule has 2 aromatic carbocycles. The summed E-state index contributed by atoms with van der Waals surface area (Å²) >= 11 is 0. The molecule has 0 saturated heterocycles. The summed E-state index contributed by atoms with van der Waals surface area (Å²) in [4.78, 5) is 12.5. The van der Waals surface area contributed by atoms with Crippen molar-refractivity contribution in [2.24, 2.45) is 0 Å². The van der Waals surface area contributed by atoms with E-state index in [1.54, 1.807) is 27.4 Å². The summed E-state index contributed by atoms with van der Waals surface area (Å²) in [5.41, 5.74) is 2.45. The topological polar surface area (TPSA) is 67.1 Å². The molecule has 0 radical (unpaired) electrons. The van der Waals surface area contributed by atoms with E-state index in [0.717, 1.165) is 22.1 Å². The summed E-state index contributed by atoms with van der Waals surface area (Å²) in [6.07, 6.45) is 0.518. The van der Waals surface area contributed by atoms with Gasteiger partial charge in [0.05, 0.1) is 33.8 Å². The molecule has 0 N–H and O–H groups in total. The third-order valence-corrected chi connectivity index (χ3v) is 4.74. The summed E-state index contributed by atoms with van der Waals surface area (Å²) in [5, 5.41) is 1.21. The summed E-state index contributed by atoms with van der Waals surface area (Å²) < 4.78 is 27.1. The molecule has 3 aromatic rings. The highest BCUT2D eigenvalue weighted by Gasteiger charge is 2.27. The summed E-state index contributed by atoms with van der Waals surface area (Å²) in [6, 6.07) is 7.30. The van der Waals surface area contributed by atoms with E-state index in [1.807, 2.05) is 18.2 Å². The first-order chi connectivity index (χ1) is 12.6. The highest BCUT2D eigenvalue weighted by molar-refractivity contribution is 6.01. The molecule has 1 aliphatic carbocycles. The third kappa shape index (κ3) is 2.22. The van der Waals surface area contributed by atoms with Gasteiger partial charge in [0.2, 0.25) is 0 Å². The van der Waals surface area contributed by atoms with E-state index in [1.165, 1.54) is 7.11 Å². The molecule has 0 amide bonds. The quantitative estimate of drug-likeness (QED) is 0.560. The second kappa shape index (κ2) is 5.98. The van der Waals surface area contributed by atoms with Crippen LogP contribution in [-0.2, 0) is 6.42 Å². The molecular weight excluding hydrogens is 336 g/mol. The number of benzene rings is 2. The summed E-state index contributed by atoms with van der Waals surface area (Å²) in [7, 11) is 6.29. The number of fused-ring (bicyclic) bond motifs is 5. The molecule has 0 spiro atoms. The Morgan fingerprint density at radius 1 is 0.769 bits per heavy atom. The van der Waals surface area contributed by atoms with Crippen LogP contribution in [0.3, 0.4) is 0 Å². The first kappa shape index (κ1) is 16.3. The molecule has 4 rings (SSSR count). The Bertz CT molecular complexity index is 1080. The van der Waals surface area contributed by atoms with E-state index in [9.17, 15) is 4.79 Å². The second-order valence-electron chi connectivity index (χ2n) is 5.98. The average Bonchev–Trinajstić information content (AvgIpc) is 3.02. The zero-order chi connectivity index (χ0) is 18.4. The normalized spacial score (nSPS) is 11.8. The van der Waals surface area contributed by atoms with Gasteiger partial charge in [-0.25, -0.2) is 4.79 Å². The van der Waals surface area contributed by atoms with Crippen molar-refractivity contribution in [2.45, 2.75) is 6.42 Å². The van der Waals surface area contributed by atoms with Gasteiger partial charge in [0, 0.05) is 17.4 Å². The smallest absolute Gasteiger partial charge is 0.344 e. The first-order valence-electron chi connectivity index (χ1n) is 8.08. The van der Waals surface area contributed by atoms with E-state index in [2.05, 4.69) is 0 Å². The van der Waals surface area contributed by atoms with Crippen LogP contribution in [0.15, 0.2) is 33.5 Å². The average molecular weight is 354 g/mol. The van der Waals surface area contributed by atoms with E-state index in [-0.39, 0.29) is 0 Å². The van der Waals surface area contributed by atoms with Crippen LogP contribution in [-0.4, -0.2) is 28.4 Å². The van der Waals surface area contributed by atoms with Gasteiger partial charge in [-0.2, -0.15) is 0 Å². The molecule has 134 valence electrons. The number of ether oxygens (including phenoxy) is 4. The van der Waals surface area contributed by atoms with Crippen LogP contribution >= 0.6 is 0 Å². The SMILES string of the molecule is COc1cc2c(cc1OC)-c1c(oc(=O)c3cc(OC)c(OC)cc13)C2. The van der Waals surface area contributed by atoms with E-state index < -0.39 is 5.63 Å². The summed E-state index contributed by atoms with van der Waals surface area (Å²) in [5.74, 6) is 2.93. The minimum absolute atomic E-state index is 0.397. The molecule has 0 aliphatic heterocycles. The van der Waals surface area contributed by atoms with Gasteiger partial charge >= 0.3 is 5.63 Å². The van der Waals surface area contributed by atoms with Crippen molar-refractivity contribution >= 4 is 10.8 Å². The van der Waals surface area contributed by atoms with Gasteiger partial charge in [-0.15, -0.1) is 0 Å². The van der Waals surface area contributed by atoms with Gasteiger partial charge in [0.15, 0.2) is 23.0 Å². The van der Waals surface area contributed by atoms with Gasteiger partial charge in [-0.3, -0.25) is 0 Å². The predicted octanol–water partition coefficient (Wildman–Crippen LogP) is 3.40.